The van der Waals surface area contributed by atoms with Crippen LogP contribution in [0.2, 0.25) is 0 Å². The van der Waals surface area contributed by atoms with E-state index in [4.69, 9.17) is 11.5 Å². The van der Waals surface area contributed by atoms with Crippen LogP contribution >= 0.6 is 77.4 Å². The Hall–Kier alpha value is 0.807. The molecule has 2 aliphatic rings. The molecule has 1 atom stereocenters. The van der Waals surface area contributed by atoms with Crippen molar-refractivity contribution in [2.75, 3.05) is 27.7 Å². The average Bonchev–Trinajstić information content (AvgIpc) is 3.61. The third-order valence-corrected chi connectivity index (χ3v) is 5.38. The van der Waals surface area contributed by atoms with Crippen LogP contribution in [0.3, 0.4) is 0 Å². The summed E-state index contributed by atoms with van der Waals surface area (Å²) in [6.45, 7) is 8.74. The Bertz CT molecular complexity index is 934. The number of esters is 1. The predicted molar refractivity (Wildman–Crippen MR) is 203 cm³/mol. The number of benzene rings is 2. The van der Waals surface area contributed by atoms with E-state index in [2.05, 4.69) is 144 Å². The summed E-state index contributed by atoms with van der Waals surface area (Å²) in [7, 11) is 5.29. The molecule has 0 fully saturated rings. The number of nitrogens with two attached hydrogens (primary N) is 2. The number of halogens is 4. The van der Waals surface area contributed by atoms with Crippen LogP contribution < -0.4 is 11.5 Å². The van der Waals surface area contributed by atoms with Gasteiger partial charge < -0.3 is 35.8 Å². The fourth-order valence-corrected chi connectivity index (χ4v) is 3.41. The first-order valence-electron chi connectivity index (χ1n) is 12.9. The molecule has 0 aliphatic carbocycles. The monoisotopic (exact) mass is 1400 g/mol. The van der Waals surface area contributed by atoms with Gasteiger partial charge in [0, 0.05) is 52.0 Å². The molecular formula is C29H40I4N6O2Pt2. The summed E-state index contributed by atoms with van der Waals surface area (Å²) in [5, 5.41) is 0. The second kappa shape index (κ2) is 30.2. The summed E-state index contributed by atoms with van der Waals surface area (Å²) in [5.74, 6) is -0.345. The second-order valence-corrected chi connectivity index (χ2v) is 41.9. The van der Waals surface area contributed by atoms with Gasteiger partial charge in [-0.3, -0.25) is 4.79 Å². The number of rotatable bonds is 9. The van der Waals surface area contributed by atoms with E-state index in [1.807, 2.05) is 70.6 Å². The molecular weight excluding hydrogens is 1360 g/mol. The zero-order valence-electron chi connectivity index (χ0n) is 24.3. The van der Waals surface area contributed by atoms with Gasteiger partial charge in [0.05, 0.1) is 7.11 Å². The van der Waals surface area contributed by atoms with Gasteiger partial charge in [0.25, 0.3) is 0 Å². The van der Waals surface area contributed by atoms with Crippen molar-refractivity contribution in [3.63, 3.8) is 0 Å². The molecule has 2 heterocycles. The normalized spacial score (nSPS) is 13.6. The van der Waals surface area contributed by atoms with E-state index in [1.54, 1.807) is 0 Å². The molecule has 0 bridgehead atoms. The molecule has 246 valence electrons. The Balaban J connectivity index is 0.000000565. The first-order valence-corrected chi connectivity index (χ1v) is 38.7. The Kier molecular flexibility index (Phi) is 30.7. The summed E-state index contributed by atoms with van der Waals surface area (Å²) in [6, 6.07) is 20.3. The van der Waals surface area contributed by atoms with Crippen LogP contribution in [0.4, 0.5) is 0 Å². The first kappa shape index (κ1) is 43.8. The number of ether oxygens (including phenoxy) is 1. The van der Waals surface area contributed by atoms with Gasteiger partial charge in [0.15, 0.2) is 0 Å². The van der Waals surface area contributed by atoms with Crippen molar-refractivity contribution in [1.82, 2.24) is 19.6 Å². The van der Waals surface area contributed by atoms with E-state index in [0.717, 1.165) is 25.9 Å². The molecule has 4 rings (SSSR count). The number of nitrogens with zero attached hydrogens (tertiary/aromatic N) is 4. The van der Waals surface area contributed by atoms with Crippen LogP contribution in [0.25, 0.3) is 0 Å². The molecule has 43 heavy (non-hydrogen) atoms. The zero-order valence-corrected chi connectivity index (χ0v) is 37.5. The quantitative estimate of drug-likeness (QED) is 0.159. The fourth-order valence-electron chi connectivity index (χ4n) is 3.41. The van der Waals surface area contributed by atoms with Crippen molar-refractivity contribution >= 4 is 83.4 Å². The number of hydrogen-bond donors (Lipinski definition) is 2. The number of hydrogen-bond acceptors (Lipinski definition) is 8. The summed E-state index contributed by atoms with van der Waals surface area (Å²) in [5.41, 5.74) is 13.3. The molecule has 0 aromatic heterocycles. The molecule has 2 aromatic carbocycles. The molecule has 0 saturated carbocycles. The molecule has 0 spiro atoms. The van der Waals surface area contributed by atoms with E-state index < -0.39 is 6.04 Å². The van der Waals surface area contributed by atoms with Crippen molar-refractivity contribution in [2.45, 2.75) is 38.4 Å². The van der Waals surface area contributed by atoms with Crippen molar-refractivity contribution in [1.29, 1.82) is 0 Å². The van der Waals surface area contributed by atoms with E-state index in [9.17, 15) is 4.79 Å². The Morgan fingerprint density at radius 1 is 0.791 bits per heavy atom. The van der Waals surface area contributed by atoms with Gasteiger partial charge in [-0.1, -0.05) is 67.1 Å². The van der Waals surface area contributed by atoms with Crippen LogP contribution in [0.15, 0.2) is 85.5 Å². The molecule has 2 aliphatic heterocycles. The minimum absolute atomic E-state index is 0.345. The standard InChI is InChI=1S/2C11H12N2.C7H16N2O2.4HI.2Pt/c2*1-12-7-8-13(10-12)9-11-5-3-2-4-6-11;1-11-7(10)6(9)4-2-3-5-8;;;;;;/h2*2-8H,9H2,1H3;6H,2-5,8-9H2,1H3;4*1H;;/q;;;;;;;2*+2/p-4/t;;6-;;;;;;/m..0....../s1. The Morgan fingerprint density at radius 3 is 1.49 bits per heavy atom. The van der Waals surface area contributed by atoms with Crippen LogP contribution in [0.1, 0.15) is 30.4 Å². The van der Waals surface area contributed by atoms with Crippen molar-refractivity contribution in [3.05, 3.63) is 110 Å². The van der Waals surface area contributed by atoms with Gasteiger partial charge in [0.2, 0.25) is 13.3 Å². The maximum atomic E-state index is 10.7. The molecule has 4 N–H and O–H groups in total. The fraction of sp³-hybridized carbons (Fsp3) is 0.345. The van der Waals surface area contributed by atoms with Gasteiger partial charge in [-0.2, -0.15) is 0 Å². The van der Waals surface area contributed by atoms with Gasteiger partial charge in [0.1, 0.15) is 6.04 Å². The minimum atomic E-state index is -0.480. The van der Waals surface area contributed by atoms with Gasteiger partial charge in [-0.05, 0) is 30.5 Å². The van der Waals surface area contributed by atoms with Gasteiger partial charge in [-0.25, -0.2) is 0 Å². The zero-order chi connectivity index (χ0) is 32.3. The van der Waals surface area contributed by atoms with Crippen LogP contribution in [0.5, 0.6) is 0 Å². The number of unbranched alkanes of at least 4 members (excludes halogenated alkanes) is 1. The van der Waals surface area contributed by atoms with E-state index in [0.29, 0.717) is 35.4 Å². The molecule has 8 nitrogen and oxygen atoms in total. The summed E-state index contributed by atoms with van der Waals surface area (Å²) >= 11 is 10.6. The predicted octanol–water partition coefficient (Wildman–Crippen LogP) is 6.96. The second-order valence-electron chi connectivity index (χ2n) is 8.75. The Morgan fingerprint density at radius 2 is 1.19 bits per heavy atom. The summed E-state index contributed by atoms with van der Waals surface area (Å²) < 4.78 is 4.45. The average molecular weight is 1400 g/mol. The molecule has 4 radical (unpaired) electrons. The van der Waals surface area contributed by atoms with E-state index in [1.165, 1.54) is 18.2 Å². The Labute approximate surface area is 317 Å². The third-order valence-electron chi connectivity index (χ3n) is 5.38. The van der Waals surface area contributed by atoms with Crippen LogP contribution in [-0.2, 0) is 45.0 Å². The summed E-state index contributed by atoms with van der Waals surface area (Å²) in [4.78, 5) is 18.6. The maximum absolute atomic E-state index is 10.7. The van der Waals surface area contributed by atoms with E-state index in [-0.39, 0.29) is 5.97 Å². The van der Waals surface area contributed by atoms with Gasteiger partial charge in [-0.15, -0.1) is 0 Å². The van der Waals surface area contributed by atoms with Crippen LogP contribution in [0, 0.1) is 13.3 Å². The first-order chi connectivity index (χ1) is 20.7. The van der Waals surface area contributed by atoms with Crippen LogP contribution in [-0.4, -0.2) is 59.4 Å². The molecule has 0 amide bonds. The van der Waals surface area contributed by atoms with Crippen molar-refractivity contribution in [3.8, 4) is 0 Å². The molecule has 2 aromatic rings. The van der Waals surface area contributed by atoms with Gasteiger partial charge >= 0.3 is 106 Å². The summed E-state index contributed by atoms with van der Waals surface area (Å²) in [6.07, 6.45) is 10.5. The van der Waals surface area contributed by atoms with E-state index >= 15 is 0 Å². The van der Waals surface area contributed by atoms with Crippen molar-refractivity contribution in [2.24, 2.45) is 11.5 Å². The number of carbonyl (C=O) groups excluding carboxylic acids is 1. The molecule has 0 saturated heterocycles. The number of carbonyl (C=O) groups is 1. The topological polar surface area (TPSA) is 91.3 Å². The third kappa shape index (κ3) is 24.6. The SMILES string of the molecule is CN1[C]N(Cc2ccccc2)C=C1.CN1[C]N(Cc2ccccc2)C=C1.COC(=O)[C@@H](N)CCCCN.[I][Pt][I].[I][Pt][I]. The number of methoxy groups -OCH3 is 1. The molecule has 14 heteroatoms. The molecule has 0 unspecified atom stereocenters. The van der Waals surface area contributed by atoms with Crippen molar-refractivity contribution < 1.29 is 31.9 Å².